The zero-order valence-electron chi connectivity index (χ0n) is 17.4. The number of ether oxygens (including phenoxy) is 1. The minimum absolute atomic E-state index is 0.0616. The van der Waals surface area contributed by atoms with Gasteiger partial charge in [0.05, 0.1) is 12.6 Å². The number of nitro groups is 1. The number of rotatable bonds is 7. The summed E-state index contributed by atoms with van der Waals surface area (Å²) in [7, 11) is 0. The Bertz CT molecular complexity index is 1210. The fraction of sp³-hybridized carbons (Fsp3) is 0.273. The summed E-state index contributed by atoms with van der Waals surface area (Å²) >= 11 is 6.10. The summed E-state index contributed by atoms with van der Waals surface area (Å²) < 4.78 is 16.1. The van der Waals surface area contributed by atoms with Gasteiger partial charge in [-0.15, -0.1) is 0 Å². The van der Waals surface area contributed by atoms with E-state index in [4.69, 9.17) is 25.2 Å². The first-order valence-electron chi connectivity index (χ1n) is 10.1. The van der Waals surface area contributed by atoms with Crippen molar-refractivity contribution in [3.05, 3.63) is 91.2 Å². The van der Waals surface area contributed by atoms with Crippen LogP contribution in [0, 0.1) is 10.1 Å². The molecule has 0 unspecified atom stereocenters. The van der Waals surface area contributed by atoms with Gasteiger partial charge in [-0.25, -0.2) is 0 Å². The van der Waals surface area contributed by atoms with Gasteiger partial charge in [0.2, 0.25) is 11.2 Å². The first-order chi connectivity index (χ1) is 15.9. The van der Waals surface area contributed by atoms with Crippen molar-refractivity contribution < 1.29 is 23.3 Å². The molecule has 2 aromatic heterocycles. The second-order valence-electron chi connectivity index (χ2n) is 7.42. The molecule has 1 saturated heterocycles. The van der Waals surface area contributed by atoms with Gasteiger partial charge in [0.15, 0.2) is 5.76 Å². The summed E-state index contributed by atoms with van der Waals surface area (Å²) in [5.74, 6) is -0.345. The molecule has 0 spiro atoms. The number of hydrogen-bond donors (Lipinski definition) is 0. The number of carbonyl (C=O) groups is 1. The molecular weight excluding hydrogens is 454 g/mol. The number of nitrogens with zero attached hydrogens (tertiary/aromatic N) is 3. The molecule has 33 heavy (non-hydrogen) atoms. The second-order valence-corrected chi connectivity index (χ2v) is 7.83. The van der Waals surface area contributed by atoms with Crippen LogP contribution in [0.3, 0.4) is 0 Å². The SMILES string of the molecule is O=C(c1ccc([N+](=O)[O-])o1)N1CCN(Cc2cc(=O)c(OCc3ccccc3Cl)co2)CC1. The van der Waals surface area contributed by atoms with Crippen molar-refractivity contribution >= 4 is 23.4 Å². The molecule has 0 aliphatic carbocycles. The van der Waals surface area contributed by atoms with Crippen LogP contribution >= 0.6 is 11.6 Å². The second kappa shape index (κ2) is 9.88. The van der Waals surface area contributed by atoms with E-state index >= 15 is 0 Å². The number of halogens is 1. The van der Waals surface area contributed by atoms with Crippen LogP contribution in [0.1, 0.15) is 21.9 Å². The number of furan rings is 1. The molecule has 0 N–H and O–H groups in total. The number of benzene rings is 1. The first-order valence-corrected chi connectivity index (χ1v) is 10.5. The molecule has 3 aromatic rings. The van der Waals surface area contributed by atoms with Crippen molar-refractivity contribution in [1.82, 2.24) is 9.80 Å². The standard InChI is InChI=1S/C22H20ClN3O7/c23-17-4-2-1-3-15(17)13-32-20-14-31-16(11-18(20)27)12-24-7-9-25(10-8-24)22(28)19-5-6-21(33-19)26(29)30/h1-6,11,14H,7-10,12-13H2. The van der Waals surface area contributed by atoms with Gasteiger partial charge in [-0.2, -0.15) is 0 Å². The van der Waals surface area contributed by atoms with Crippen molar-refractivity contribution in [2.75, 3.05) is 26.2 Å². The lowest BCUT2D eigenvalue weighted by molar-refractivity contribution is -0.402. The molecule has 1 fully saturated rings. The molecule has 10 nitrogen and oxygen atoms in total. The van der Waals surface area contributed by atoms with E-state index < -0.39 is 16.7 Å². The number of amides is 1. The van der Waals surface area contributed by atoms with Gasteiger partial charge < -0.3 is 18.5 Å². The van der Waals surface area contributed by atoms with Crippen LogP contribution in [0.2, 0.25) is 5.02 Å². The lowest BCUT2D eigenvalue weighted by atomic mass is 10.2. The van der Waals surface area contributed by atoms with E-state index in [2.05, 4.69) is 0 Å². The van der Waals surface area contributed by atoms with E-state index in [1.165, 1.54) is 18.4 Å². The van der Waals surface area contributed by atoms with Gasteiger partial charge in [0, 0.05) is 42.8 Å². The fourth-order valence-electron chi connectivity index (χ4n) is 3.42. The third-order valence-corrected chi connectivity index (χ3v) is 5.58. The van der Waals surface area contributed by atoms with E-state index in [9.17, 15) is 19.7 Å². The third-order valence-electron chi connectivity index (χ3n) is 5.21. The van der Waals surface area contributed by atoms with Crippen molar-refractivity contribution in [3.63, 3.8) is 0 Å². The fourth-order valence-corrected chi connectivity index (χ4v) is 3.61. The number of carbonyl (C=O) groups excluding carboxylic acids is 1. The zero-order valence-corrected chi connectivity index (χ0v) is 18.2. The Hall–Kier alpha value is -3.63. The van der Waals surface area contributed by atoms with E-state index in [0.717, 1.165) is 11.6 Å². The van der Waals surface area contributed by atoms with E-state index in [-0.39, 0.29) is 23.5 Å². The maximum atomic E-state index is 12.5. The van der Waals surface area contributed by atoms with Crippen LogP contribution in [0.25, 0.3) is 0 Å². The molecule has 0 bridgehead atoms. The summed E-state index contributed by atoms with van der Waals surface area (Å²) in [6.07, 6.45) is 1.29. The number of hydrogen-bond acceptors (Lipinski definition) is 8. The molecule has 0 radical (unpaired) electrons. The molecule has 1 amide bonds. The predicted molar refractivity (Wildman–Crippen MR) is 117 cm³/mol. The van der Waals surface area contributed by atoms with Crippen molar-refractivity contribution in [3.8, 4) is 5.75 Å². The summed E-state index contributed by atoms with van der Waals surface area (Å²) in [6, 6.07) is 11.1. The molecule has 3 heterocycles. The molecule has 172 valence electrons. The highest BCUT2D eigenvalue weighted by atomic mass is 35.5. The molecule has 0 atom stereocenters. The van der Waals surface area contributed by atoms with Crippen LogP contribution in [-0.2, 0) is 13.2 Å². The number of piperazine rings is 1. The lowest BCUT2D eigenvalue weighted by Gasteiger charge is -2.33. The van der Waals surface area contributed by atoms with Crippen molar-refractivity contribution in [1.29, 1.82) is 0 Å². The molecule has 11 heteroatoms. The van der Waals surface area contributed by atoms with Crippen LogP contribution in [0.4, 0.5) is 5.88 Å². The maximum absolute atomic E-state index is 12.5. The first kappa shape index (κ1) is 22.6. The van der Waals surface area contributed by atoms with Crippen LogP contribution in [-0.4, -0.2) is 46.8 Å². The molecule has 1 aliphatic rings. The van der Waals surface area contributed by atoms with E-state index in [1.807, 2.05) is 23.1 Å². The predicted octanol–water partition coefficient (Wildman–Crippen LogP) is 3.33. The van der Waals surface area contributed by atoms with E-state index in [1.54, 1.807) is 11.0 Å². The van der Waals surface area contributed by atoms with E-state index in [0.29, 0.717) is 43.5 Å². The maximum Gasteiger partial charge on any atom is 0.433 e. The van der Waals surface area contributed by atoms with Gasteiger partial charge in [0.25, 0.3) is 5.91 Å². The highest BCUT2D eigenvalue weighted by molar-refractivity contribution is 6.31. The summed E-state index contributed by atoms with van der Waals surface area (Å²) in [5.41, 5.74) is 0.468. The Morgan fingerprint density at radius 3 is 2.58 bits per heavy atom. The highest BCUT2D eigenvalue weighted by Gasteiger charge is 2.26. The van der Waals surface area contributed by atoms with Crippen LogP contribution in [0.5, 0.6) is 5.75 Å². The van der Waals surface area contributed by atoms with Gasteiger partial charge in [-0.3, -0.25) is 24.6 Å². The Balaban J connectivity index is 1.29. The summed E-state index contributed by atoms with van der Waals surface area (Å²) in [4.78, 5) is 38.5. The monoisotopic (exact) mass is 473 g/mol. The quantitative estimate of drug-likeness (QED) is 0.378. The average molecular weight is 474 g/mol. The van der Waals surface area contributed by atoms with Gasteiger partial charge in [-0.05, 0) is 12.1 Å². The largest absolute Gasteiger partial charge is 0.482 e. The van der Waals surface area contributed by atoms with Gasteiger partial charge in [0.1, 0.15) is 23.6 Å². The van der Waals surface area contributed by atoms with Gasteiger partial charge >= 0.3 is 5.88 Å². The van der Waals surface area contributed by atoms with Crippen molar-refractivity contribution in [2.24, 2.45) is 0 Å². The Morgan fingerprint density at radius 2 is 1.91 bits per heavy atom. The molecule has 1 aliphatic heterocycles. The molecule has 1 aromatic carbocycles. The topological polar surface area (TPSA) is 119 Å². The molecule has 4 rings (SSSR count). The molecule has 0 saturated carbocycles. The molecular formula is C22H20ClN3O7. The van der Waals surface area contributed by atoms with Crippen LogP contribution < -0.4 is 10.2 Å². The minimum Gasteiger partial charge on any atom is -0.482 e. The summed E-state index contributed by atoms with van der Waals surface area (Å²) in [5, 5.41) is 11.3. The Kier molecular flexibility index (Phi) is 6.76. The smallest absolute Gasteiger partial charge is 0.433 e. The normalized spacial score (nSPS) is 14.3. The Morgan fingerprint density at radius 1 is 1.15 bits per heavy atom. The average Bonchev–Trinajstić information content (AvgIpc) is 3.30. The Labute approximate surface area is 193 Å². The van der Waals surface area contributed by atoms with Gasteiger partial charge in [-0.1, -0.05) is 29.8 Å². The van der Waals surface area contributed by atoms with Crippen molar-refractivity contribution in [2.45, 2.75) is 13.2 Å². The third kappa shape index (κ3) is 5.41. The van der Waals surface area contributed by atoms with Crippen LogP contribution in [0.15, 0.2) is 62.4 Å². The minimum atomic E-state index is -0.685. The summed E-state index contributed by atoms with van der Waals surface area (Å²) in [6.45, 7) is 2.46. The zero-order chi connectivity index (χ0) is 23.4. The highest BCUT2D eigenvalue weighted by Crippen LogP contribution is 2.19. The lowest BCUT2D eigenvalue weighted by Crippen LogP contribution is -2.48.